The maximum absolute atomic E-state index is 9.55. The number of hydrogen-bond acceptors (Lipinski definition) is 2. The van der Waals surface area contributed by atoms with Gasteiger partial charge in [-0.2, -0.15) is 5.06 Å². The van der Waals surface area contributed by atoms with Crippen molar-refractivity contribution in [3.63, 3.8) is 0 Å². The van der Waals surface area contributed by atoms with E-state index in [9.17, 15) is 5.21 Å². The number of hydrogen-bond donors (Lipinski definition) is 1. The molecule has 0 saturated carbocycles. The molecule has 0 spiro atoms. The first-order valence-electron chi connectivity index (χ1n) is 4.48. The Kier molecular flexibility index (Phi) is 2.67. The van der Waals surface area contributed by atoms with Crippen LogP contribution in [0.25, 0.3) is 0 Å². The summed E-state index contributed by atoms with van der Waals surface area (Å²) in [6.07, 6.45) is 2.13. The molecule has 13 heavy (non-hydrogen) atoms. The highest BCUT2D eigenvalue weighted by Crippen LogP contribution is 2.31. The second-order valence-corrected chi connectivity index (χ2v) is 4.29. The van der Waals surface area contributed by atoms with Crippen LogP contribution in [-0.4, -0.2) is 16.8 Å². The van der Waals surface area contributed by atoms with E-state index in [0.717, 1.165) is 23.9 Å². The lowest BCUT2D eigenvalue weighted by Gasteiger charge is -2.17. The molecule has 0 bridgehead atoms. The van der Waals surface area contributed by atoms with E-state index in [1.165, 1.54) is 10.6 Å². The van der Waals surface area contributed by atoms with E-state index >= 15 is 0 Å². The van der Waals surface area contributed by atoms with E-state index in [1.807, 2.05) is 12.1 Å². The molecule has 0 radical (unpaired) electrons. The van der Waals surface area contributed by atoms with E-state index in [1.54, 1.807) is 0 Å². The van der Waals surface area contributed by atoms with Crippen molar-refractivity contribution in [2.24, 2.45) is 0 Å². The van der Waals surface area contributed by atoms with Crippen molar-refractivity contribution in [2.45, 2.75) is 18.9 Å². The summed E-state index contributed by atoms with van der Waals surface area (Å²) < 4.78 is 1.07. The zero-order chi connectivity index (χ0) is 9.26. The van der Waals surface area contributed by atoms with Crippen LogP contribution in [0, 0.1) is 0 Å². The minimum absolute atomic E-state index is 0.192. The van der Waals surface area contributed by atoms with E-state index in [2.05, 4.69) is 28.1 Å². The summed E-state index contributed by atoms with van der Waals surface area (Å²) in [4.78, 5) is 0. The second-order valence-electron chi connectivity index (χ2n) is 3.38. The molecule has 0 amide bonds. The lowest BCUT2D eigenvalue weighted by atomic mass is 10.1. The minimum atomic E-state index is 0.192. The van der Waals surface area contributed by atoms with Crippen molar-refractivity contribution in [1.82, 2.24) is 5.06 Å². The number of rotatable bonds is 1. The van der Waals surface area contributed by atoms with Gasteiger partial charge in [-0.3, -0.25) is 0 Å². The van der Waals surface area contributed by atoms with Gasteiger partial charge in [0.2, 0.25) is 0 Å². The summed E-state index contributed by atoms with van der Waals surface area (Å²) in [5, 5.41) is 11.0. The first kappa shape index (κ1) is 9.19. The maximum atomic E-state index is 9.55. The third-order valence-electron chi connectivity index (χ3n) is 2.46. The average Bonchev–Trinajstić information content (AvgIpc) is 2.51. The molecule has 1 aromatic carbocycles. The van der Waals surface area contributed by atoms with E-state index < -0.39 is 0 Å². The summed E-state index contributed by atoms with van der Waals surface area (Å²) in [5.41, 5.74) is 1.19. The Morgan fingerprint density at radius 1 is 1.46 bits per heavy atom. The number of benzene rings is 1. The molecule has 1 aromatic rings. The Hall–Kier alpha value is -0.380. The van der Waals surface area contributed by atoms with E-state index in [-0.39, 0.29) is 6.04 Å². The molecule has 1 aliphatic rings. The maximum Gasteiger partial charge on any atom is 0.0600 e. The van der Waals surface area contributed by atoms with Crippen LogP contribution in [0.15, 0.2) is 28.7 Å². The Morgan fingerprint density at radius 3 is 2.92 bits per heavy atom. The molecule has 70 valence electrons. The highest BCUT2D eigenvalue weighted by atomic mass is 79.9. The standard InChI is InChI=1S/C10H12BrNO/c11-9-4-1-3-8(7-9)10-5-2-6-12(10)13/h1,3-4,7,10,13H,2,5-6H2. The van der Waals surface area contributed by atoms with Crippen molar-refractivity contribution in [3.8, 4) is 0 Å². The molecule has 1 saturated heterocycles. The highest BCUT2D eigenvalue weighted by molar-refractivity contribution is 9.10. The van der Waals surface area contributed by atoms with E-state index in [4.69, 9.17) is 0 Å². The topological polar surface area (TPSA) is 23.5 Å². The Bertz CT molecular complexity index is 303. The Balaban J connectivity index is 2.24. The third-order valence-corrected chi connectivity index (χ3v) is 2.95. The Morgan fingerprint density at radius 2 is 2.31 bits per heavy atom. The monoisotopic (exact) mass is 241 g/mol. The molecular weight excluding hydrogens is 230 g/mol. The molecule has 1 atom stereocenters. The lowest BCUT2D eigenvalue weighted by Crippen LogP contribution is -2.18. The fourth-order valence-corrected chi connectivity index (χ4v) is 2.22. The molecule has 1 N–H and O–H groups in total. The molecule has 1 fully saturated rings. The molecule has 1 aliphatic heterocycles. The average molecular weight is 242 g/mol. The summed E-state index contributed by atoms with van der Waals surface area (Å²) >= 11 is 3.43. The van der Waals surface area contributed by atoms with Gasteiger partial charge in [-0.15, -0.1) is 0 Å². The SMILES string of the molecule is ON1CCCC1c1cccc(Br)c1. The fourth-order valence-electron chi connectivity index (χ4n) is 1.80. The first-order valence-corrected chi connectivity index (χ1v) is 5.27. The van der Waals surface area contributed by atoms with Crippen molar-refractivity contribution < 1.29 is 5.21 Å². The summed E-state index contributed by atoms with van der Waals surface area (Å²) in [6, 6.07) is 8.33. The van der Waals surface area contributed by atoms with E-state index in [0.29, 0.717) is 0 Å². The summed E-state index contributed by atoms with van der Waals surface area (Å²) in [7, 11) is 0. The molecule has 0 aromatic heterocycles. The van der Waals surface area contributed by atoms with Crippen molar-refractivity contribution in [3.05, 3.63) is 34.3 Å². The predicted octanol–water partition coefficient (Wildman–Crippen LogP) is 2.98. The van der Waals surface area contributed by atoms with Crippen LogP contribution < -0.4 is 0 Å². The van der Waals surface area contributed by atoms with Crippen LogP contribution >= 0.6 is 15.9 Å². The van der Waals surface area contributed by atoms with Gasteiger partial charge in [0.05, 0.1) is 6.04 Å². The zero-order valence-corrected chi connectivity index (χ0v) is 8.87. The molecule has 2 nitrogen and oxygen atoms in total. The number of hydroxylamine groups is 2. The quantitative estimate of drug-likeness (QED) is 0.818. The van der Waals surface area contributed by atoms with Gasteiger partial charge < -0.3 is 5.21 Å². The van der Waals surface area contributed by atoms with Crippen molar-refractivity contribution in [1.29, 1.82) is 0 Å². The Labute approximate surface area is 86.3 Å². The largest absolute Gasteiger partial charge is 0.313 e. The van der Waals surface area contributed by atoms with Crippen LogP contribution in [0.4, 0.5) is 0 Å². The van der Waals surface area contributed by atoms with Crippen LogP contribution in [0.1, 0.15) is 24.4 Å². The minimum Gasteiger partial charge on any atom is -0.313 e. The summed E-state index contributed by atoms with van der Waals surface area (Å²) in [5.74, 6) is 0. The van der Waals surface area contributed by atoms with Gasteiger partial charge >= 0.3 is 0 Å². The number of halogens is 1. The lowest BCUT2D eigenvalue weighted by molar-refractivity contribution is -0.104. The van der Waals surface area contributed by atoms with Crippen LogP contribution in [0.5, 0.6) is 0 Å². The van der Waals surface area contributed by atoms with Crippen molar-refractivity contribution >= 4 is 15.9 Å². The normalized spacial score (nSPS) is 23.7. The second kappa shape index (κ2) is 3.78. The fraction of sp³-hybridized carbons (Fsp3) is 0.400. The van der Waals surface area contributed by atoms with Gasteiger partial charge in [-0.25, -0.2) is 0 Å². The van der Waals surface area contributed by atoms with Gasteiger partial charge in [0.15, 0.2) is 0 Å². The van der Waals surface area contributed by atoms with Gasteiger partial charge in [-0.1, -0.05) is 28.1 Å². The molecule has 0 aliphatic carbocycles. The van der Waals surface area contributed by atoms with Gasteiger partial charge in [-0.05, 0) is 30.5 Å². The highest BCUT2D eigenvalue weighted by Gasteiger charge is 2.24. The molecule has 1 heterocycles. The predicted molar refractivity (Wildman–Crippen MR) is 54.6 cm³/mol. The molecule has 1 unspecified atom stereocenters. The third kappa shape index (κ3) is 1.93. The van der Waals surface area contributed by atoms with Gasteiger partial charge in [0.1, 0.15) is 0 Å². The first-order chi connectivity index (χ1) is 6.27. The molecular formula is C10H12BrNO. The zero-order valence-electron chi connectivity index (χ0n) is 7.28. The van der Waals surface area contributed by atoms with Crippen LogP contribution in [0.3, 0.4) is 0 Å². The van der Waals surface area contributed by atoms with Gasteiger partial charge in [0, 0.05) is 11.0 Å². The number of nitrogens with zero attached hydrogens (tertiary/aromatic N) is 1. The van der Waals surface area contributed by atoms with Crippen LogP contribution in [0.2, 0.25) is 0 Å². The van der Waals surface area contributed by atoms with Crippen LogP contribution in [-0.2, 0) is 0 Å². The summed E-state index contributed by atoms with van der Waals surface area (Å²) in [6.45, 7) is 0.789. The van der Waals surface area contributed by atoms with Gasteiger partial charge in [0.25, 0.3) is 0 Å². The van der Waals surface area contributed by atoms with Crippen molar-refractivity contribution in [2.75, 3.05) is 6.54 Å². The smallest absolute Gasteiger partial charge is 0.0600 e. The molecule has 2 rings (SSSR count). The molecule has 3 heteroatoms.